The normalized spacial score (nSPS) is 11.3. The van der Waals surface area contributed by atoms with E-state index in [0.717, 1.165) is 11.1 Å². The van der Waals surface area contributed by atoms with E-state index in [1.807, 2.05) is 18.2 Å². The summed E-state index contributed by atoms with van der Waals surface area (Å²) in [6.07, 6.45) is 0.462. The monoisotopic (exact) mass is 523 g/mol. The summed E-state index contributed by atoms with van der Waals surface area (Å²) in [5.41, 5.74) is 3.10. The van der Waals surface area contributed by atoms with Crippen molar-refractivity contribution >= 4 is 44.4 Å². The number of benzene rings is 3. The highest BCUT2D eigenvalue weighted by Gasteiger charge is 2.16. The van der Waals surface area contributed by atoms with Gasteiger partial charge in [0.15, 0.2) is 6.61 Å². The third kappa shape index (κ3) is 6.25. The lowest BCUT2D eigenvalue weighted by molar-refractivity contribution is -0.124. The van der Waals surface area contributed by atoms with E-state index in [1.165, 1.54) is 12.1 Å². The van der Waals surface area contributed by atoms with E-state index in [9.17, 15) is 18.0 Å². The first-order chi connectivity index (χ1) is 17.2. The number of nitrogens with two attached hydrogens (primary N) is 1. The zero-order chi connectivity index (χ0) is 25.7. The molecule has 4 aromatic rings. The van der Waals surface area contributed by atoms with Gasteiger partial charge in [0.1, 0.15) is 0 Å². The number of rotatable bonds is 8. The molecule has 1 amide bonds. The number of hydrogen-bond donors (Lipinski definition) is 2. The Balaban J connectivity index is 1.38. The number of carbonyl (C=O) groups excluding carboxylic acids is 2. The number of primary sulfonamides is 1. The van der Waals surface area contributed by atoms with E-state index < -0.39 is 28.5 Å². The quantitative estimate of drug-likeness (QED) is 0.339. The second kappa shape index (κ2) is 10.9. The molecule has 0 fully saturated rings. The van der Waals surface area contributed by atoms with Gasteiger partial charge in [0, 0.05) is 22.5 Å². The van der Waals surface area contributed by atoms with Crippen LogP contribution in [0.4, 0.5) is 0 Å². The van der Waals surface area contributed by atoms with Gasteiger partial charge in [0.2, 0.25) is 10.0 Å². The number of fused-ring (bicyclic) bond motifs is 1. The van der Waals surface area contributed by atoms with E-state index in [0.29, 0.717) is 33.6 Å². The van der Waals surface area contributed by atoms with Crippen molar-refractivity contribution in [1.82, 2.24) is 10.3 Å². The molecular formula is C26H22ClN3O5S. The molecule has 0 unspecified atom stereocenters. The van der Waals surface area contributed by atoms with Crippen LogP contribution < -0.4 is 10.5 Å². The van der Waals surface area contributed by atoms with Gasteiger partial charge in [-0.2, -0.15) is 0 Å². The maximum absolute atomic E-state index is 12.9. The first-order valence-corrected chi connectivity index (χ1v) is 12.8. The van der Waals surface area contributed by atoms with Crippen LogP contribution in [0.15, 0.2) is 83.8 Å². The number of para-hydroxylation sites is 1. The average Bonchev–Trinajstić information content (AvgIpc) is 2.87. The van der Waals surface area contributed by atoms with Gasteiger partial charge in [-0.1, -0.05) is 54.1 Å². The minimum absolute atomic E-state index is 0.0186. The average molecular weight is 524 g/mol. The summed E-state index contributed by atoms with van der Waals surface area (Å²) >= 11 is 5.98. The lowest BCUT2D eigenvalue weighted by Gasteiger charge is -2.11. The fourth-order valence-corrected chi connectivity index (χ4v) is 4.21. The van der Waals surface area contributed by atoms with Crippen LogP contribution in [0.1, 0.15) is 15.9 Å². The highest BCUT2D eigenvalue weighted by molar-refractivity contribution is 7.89. The summed E-state index contributed by atoms with van der Waals surface area (Å²) < 4.78 is 27.9. The third-order valence-corrected chi connectivity index (χ3v) is 6.58. The molecular weight excluding hydrogens is 502 g/mol. The van der Waals surface area contributed by atoms with Gasteiger partial charge in [-0.3, -0.25) is 4.79 Å². The summed E-state index contributed by atoms with van der Waals surface area (Å²) in [7, 11) is -3.75. The lowest BCUT2D eigenvalue weighted by Crippen LogP contribution is -2.30. The maximum atomic E-state index is 12.9. The number of amides is 1. The summed E-state index contributed by atoms with van der Waals surface area (Å²) in [4.78, 5) is 29.8. The van der Waals surface area contributed by atoms with Gasteiger partial charge in [-0.05, 0) is 48.4 Å². The second-order valence-electron chi connectivity index (χ2n) is 7.94. The van der Waals surface area contributed by atoms with Crippen molar-refractivity contribution < 1.29 is 22.7 Å². The third-order valence-electron chi connectivity index (χ3n) is 5.40. The molecule has 0 saturated carbocycles. The summed E-state index contributed by atoms with van der Waals surface area (Å²) in [6.45, 7) is -0.167. The number of hydrogen-bond acceptors (Lipinski definition) is 6. The predicted octanol–water partition coefficient (Wildman–Crippen LogP) is 3.72. The zero-order valence-electron chi connectivity index (χ0n) is 19.0. The van der Waals surface area contributed by atoms with Crippen LogP contribution in [0.2, 0.25) is 5.02 Å². The van der Waals surface area contributed by atoms with Gasteiger partial charge in [-0.15, -0.1) is 0 Å². The van der Waals surface area contributed by atoms with Gasteiger partial charge in [0.25, 0.3) is 5.91 Å². The topological polar surface area (TPSA) is 128 Å². The SMILES string of the molecule is NS(=O)(=O)c1ccc(CCNC(=O)COC(=O)c2cc(-c3ccc(Cl)cc3)nc3ccccc23)cc1. The van der Waals surface area contributed by atoms with Crippen LogP contribution in [0.25, 0.3) is 22.2 Å². The van der Waals surface area contributed by atoms with E-state index in [-0.39, 0.29) is 11.4 Å². The highest BCUT2D eigenvalue weighted by Crippen LogP contribution is 2.26. The van der Waals surface area contributed by atoms with Crippen molar-refractivity contribution in [3.8, 4) is 11.3 Å². The minimum atomic E-state index is -3.75. The fraction of sp³-hybridized carbons (Fsp3) is 0.115. The number of esters is 1. The van der Waals surface area contributed by atoms with Gasteiger partial charge in [-0.25, -0.2) is 23.3 Å². The van der Waals surface area contributed by atoms with Crippen molar-refractivity contribution in [2.24, 2.45) is 5.14 Å². The molecule has 0 aliphatic carbocycles. The van der Waals surface area contributed by atoms with E-state index in [1.54, 1.807) is 48.5 Å². The molecule has 1 aromatic heterocycles. The number of halogens is 1. The number of nitrogens with one attached hydrogen (secondary N) is 1. The molecule has 0 aliphatic heterocycles. The Morgan fingerprint density at radius 1 is 0.972 bits per heavy atom. The van der Waals surface area contributed by atoms with E-state index >= 15 is 0 Å². The van der Waals surface area contributed by atoms with Crippen LogP contribution >= 0.6 is 11.6 Å². The molecule has 36 heavy (non-hydrogen) atoms. The van der Waals surface area contributed by atoms with Crippen molar-refractivity contribution in [1.29, 1.82) is 0 Å². The summed E-state index contributed by atoms with van der Waals surface area (Å²) in [5.74, 6) is -1.10. The molecule has 184 valence electrons. The van der Waals surface area contributed by atoms with Gasteiger partial charge < -0.3 is 10.1 Å². The molecule has 3 N–H and O–H groups in total. The van der Waals surface area contributed by atoms with Crippen molar-refractivity contribution in [2.45, 2.75) is 11.3 Å². The van der Waals surface area contributed by atoms with E-state index in [4.69, 9.17) is 21.5 Å². The maximum Gasteiger partial charge on any atom is 0.339 e. The van der Waals surface area contributed by atoms with Crippen LogP contribution in [0.5, 0.6) is 0 Å². The largest absolute Gasteiger partial charge is 0.452 e. The molecule has 0 spiro atoms. The Labute approximate surface area is 213 Å². The number of pyridine rings is 1. The Hall–Kier alpha value is -3.79. The smallest absolute Gasteiger partial charge is 0.339 e. The minimum Gasteiger partial charge on any atom is -0.452 e. The summed E-state index contributed by atoms with van der Waals surface area (Å²) in [5, 5.41) is 8.97. The number of sulfonamides is 1. The van der Waals surface area contributed by atoms with Crippen LogP contribution in [0.3, 0.4) is 0 Å². The van der Waals surface area contributed by atoms with E-state index in [2.05, 4.69) is 10.3 Å². The molecule has 0 saturated heterocycles. The molecule has 0 aliphatic rings. The molecule has 1 heterocycles. The second-order valence-corrected chi connectivity index (χ2v) is 9.94. The first-order valence-electron chi connectivity index (χ1n) is 10.9. The van der Waals surface area contributed by atoms with Gasteiger partial charge in [0.05, 0.1) is 21.7 Å². The Bertz CT molecular complexity index is 1520. The molecule has 0 bridgehead atoms. The predicted molar refractivity (Wildman–Crippen MR) is 137 cm³/mol. The molecule has 10 heteroatoms. The van der Waals surface area contributed by atoms with Crippen LogP contribution in [-0.4, -0.2) is 38.4 Å². The number of ether oxygens (including phenoxy) is 1. The Morgan fingerprint density at radius 2 is 1.67 bits per heavy atom. The summed E-state index contributed by atoms with van der Waals surface area (Å²) in [6, 6.07) is 22.0. The zero-order valence-corrected chi connectivity index (χ0v) is 20.6. The molecule has 8 nitrogen and oxygen atoms in total. The molecule has 4 rings (SSSR count). The number of nitrogens with zero attached hydrogens (tertiary/aromatic N) is 1. The van der Waals surface area contributed by atoms with Gasteiger partial charge >= 0.3 is 5.97 Å². The highest BCUT2D eigenvalue weighted by atomic mass is 35.5. The van der Waals surface area contributed by atoms with Crippen LogP contribution in [0, 0.1) is 0 Å². The van der Waals surface area contributed by atoms with Crippen LogP contribution in [-0.2, 0) is 26.0 Å². The lowest BCUT2D eigenvalue weighted by atomic mass is 10.0. The van der Waals surface area contributed by atoms with Crippen molar-refractivity contribution in [3.63, 3.8) is 0 Å². The van der Waals surface area contributed by atoms with Crippen molar-refractivity contribution in [3.05, 3.63) is 95.0 Å². The Kier molecular flexibility index (Phi) is 7.64. The first kappa shape index (κ1) is 25.3. The molecule has 3 aromatic carbocycles. The fourth-order valence-electron chi connectivity index (χ4n) is 3.56. The molecule has 0 atom stereocenters. The molecule has 0 radical (unpaired) electrons. The Morgan fingerprint density at radius 3 is 2.36 bits per heavy atom. The standard InChI is InChI=1S/C26H22ClN3O5S/c27-19-9-7-18(8-10-19)24-15-22(21-3-1-2-4-23(21)30-24)26(32)35-16-25(31)29-14-13-17-5-11-20(12-6-17)36(28,33)34/h1-12,15H,13-14,16H2,(H,29,31)(H2,28,33,34). The number of carbonyl (C=O) groups is 2. The van der Waals surface area contributed by atoms with Crippen molar-refractivity contribution in [2.75, 3.05) is 13.2 Å². The number of aromatic nitrogens is 1.